The fourth-order valence-corrected chi connectivity index (χ4v) is 3.24. The van der Waals surface area contributed by atoms with E-state index in [1.54, 1.807) is 24.1 Å². The summed E-state index contributed by atoms with van der Waals surface area (Å²) in [4.78, 5) is 14.0. The first kappa shape index (κ1) is 17.3. The highest BCUT2D eigenvalue weighted by atomic mass is 35.5. The second-order valence-electron chi connectivity index (χ2n) is 5.08. The van der Waals surface area contributed by atoms with Crippen molar-refractivity contribution in [3.63, 3.8) is 0 Å². The minimum absolute atomic E-state index is 0.00681. The third-order valence-electron chi connectivity index (χ3n) is 3.50. The van der Waals surface area contributed by atoms with Crippen molar-refractivity contribution in [3.8, 4) is 0 Å². The van der Waals surface area contributed by atoms with Gasteiger partial charge in [0, 0.05) is 31.5 Å². The van der Waals surface area contributed by atoms with E-state index in [4.69, 9.17) is 23.2 Å². The predicted octanol–water partition coefficient (Wildman–Crippen LogP) is 4.29. The maximum Gasteiger partial charge on any atom is 0.254 e. The number of thiophene rings is 1. The normalized spacial score (nSPS) is 12.2. The number of rotatable bonds is 6. The number of hydrogen-bond donors (Lipinski definition) is 1. The lowest BCUT2D eigenvalue weighted by molar-refractivity contribution is 0.0781. The molecule has 0 radical (unpaired) electrons. The van der Waals surface area contributed by atoms with E-state index in [0.717, 1.165) is 5.56 Å². The van der Waals surface area contributed by atoms with E-state index in [1.165, 1.54) is 11.3 Å². The summed E-state index contributed by atoms with van der Waals surface area (Å²) in [6.45, 7) is 0.554. The van der Waals surface area contributed by atoms with Crippen LogP contribution < -0.4 is 0 Å². The topological polar surface area (TPSA) is 40.5 Å². The molecule has 0 aliphatic heterocycles. The van der Waals surface area contributed by atoms with Crippen LogP contribution in [0.5, 0.6) is 0 Å². The Morgan fingerprint density at radius 2 is 2.09 bits per heavy atom. The number of likely N-dealkylation sites (N-methyl/N-ethyl adjacent to an activating group) is 1. The molecule has 1 amide bonds. The Balaban J connectivity index is 2.14. The summed E-state index contributed by atoms with van der Waals surface area (Å²) in [7, 11) is 1.77. The number of aliphatic hydroxyl groups is 1. The second-order valence-corrected chi connectivity index (χ2v) is 6.67. The van der Waals surface area contributed by atoms with Gasteiger partial charge in [-0.25, -0.2) is 0 Å². The van der Waals surface area contributed by atoms with Crippen molar-refractivity contribution in [3.05, 3.63) is 56.2 Å². The van der Waals surface area contributed by atoms with Crippen LogP contribution in [0.4, 0.5) is 0 Å². The monoisotopic (exact) mass is 357 g/mol. The van der Waals surface area contributed by atoms with Gasteiger partial charge < -0.3 is 10.0 Å². The Bertz CT molecular complexity index is 631. The molecule has 1 aromatic carbocycles. The van der Waals surface area contributed by atoms with Crippen LogP contribution in [-0.2, 0) is 0 Å². The molecule has 2 rings (SSSR count). The minimum atomic E-state index is -0.0238. The number of nitrogens with zero attached hydrogens (tertiary/aromatic N) is 1. The number of carbonyl (C=O) groups is 1. The van der Waals surface area contributed by atoms with Gasteiger partial charge in [-0.15, -0.1) is 0 Å². The van der Waals surface area contributed by atoms with Crippen LogP contribution in [0.2, 0.25) is 10.0 Å². The van der Waals surface area contributed by atoms with E-state index < -0.39 is 0 Å². The molecule has 0 aliphatic carbocycles. The van der Waals surface area contributed by atoms with Gasteiger partial charge in [0.15, 0.2) is 0 Å². The van der Waals surface area contributed by atoms with Crippen LogP contribution in [-0.4, -0.2) is 36.1 Å². The van der Waals surface area contributed by atoms with E-state index in [9.17, 15) is 9.90 Å². The van der Waals surface area contributed by atoms with Gasteiger partial charge in [-0.05, 0) is 35.6 Å². The quantitative estimate of drug-likeness (QED) is 0.837. The van der Waals surface area contributed by atoms with Gasteiger partial charge in [0.05, 0.1) is 15.6 Å². The maximum absolute atomic E-state index is 12.3. The minimum Gasteiger partial charge on any atom is -0.396 e. The number of carbonyl (C=O) groups excluding carboxylic acids is 1. The summed E-state index contributed by atoms with van der Waals surface area (Å²) < 4.78 is 0. The third kappa shape index (κ3) is 4.23. The zero-order chi connectivity index (χ0) is 16.1. The summed E-state index contributed by atoms with van der Waals surface area (Å²) in [6, 6.07) is 7.23. The Morgan fingerprint density at radius 3 is 2.68 bits per heavy atom. The molecular weight excluding hydrogens is 341 g/mol. The molecule has 6 heteroatoms. The van der Waals surface area contributed by atoms with Gasteiger partial charge >= 0.3 is 0 Å². The fourth-order valence-electron chi connectivity index (χ4n) is 2.31. The zero-order valence-electron chi connectivity index (χ0n) is 12.1. The van der Waals surface area contributed by atoms with Crippen LogP contribution in [0.15, 0.2) is 35.0 Å². The molecule has 0 aliphatic rings. The molecule has 2 aromatic rings. The number of halogens is 2. The highest BCUT2D eigenvalue weighted by Gasteiger charge is 2.19. The van der Waals surface area contributed by atoms with Gasteiger partial charge in [-0.3, -0.25) is 4.79 Å². The van der Waals surface area contributed by atoms with Crippen molar-refractivity contribution in [1.29, 1.82) is 0 Å². The van der Waals surface area contributed by atoms with Gasteiger partial charge in [0.25, 0.3) is 5.91 Å². The van der Waals surface area contributed by atoms with Crippen molar-refractivity contribution in [2.45, 2.75) is 12.3 Å². The molecule has 1 aromatic heterocycles. The third-order valence-corrected chi connectivity index (χ3v) is 4.92. The first-order chi connectivity index (χ1) is 10.5. The van der Waals surface area contributed by atoms with Crippen LogP contribution in [0, 0.1) is 0 Å². The molecule has 118 valence electrons. The molecule has 0 spiro atoms. The van der Waals surface area contributed by atoms with Crippen LogP contribution >= 0.6 is 34.5 Å². The molecule has 0 saturated carbocycles. The average Bonchev–Trinajstić information content (AvgIpc) is 3.03. The molecular formula is C16H17Cl2NO2S. The van der Waals surface area contributed by atoms with E-state index >= 15 is 0 Å². The summed E-state index contributed by atoms with van der Waals surface area (Å²) in [5.41, 5.74) is 1.65. The van der Waals surface area contributed by atoms with Crippen molar-refractivity contribution >= 4 is 40.4 Å². The predicted molar refractivity (Wildman–Crippen MR) is 92.2 cm³/mol. The summed E-state index contributed by atoms with van der Waals surface area (Å²) in [5, 5.41) is 14.0. The van der Waals surface area contributed by atoms with Crippen LogP contribution in [0.25, 0.3) is 0 Å². The van der Waals surface area contributed by atoms with Gasteiger partial charge in [0.1, 0.15) is 0 Å². The maximum atomic E-state index is 12.3. The molecule has 0 fully saturated rings. The smallest absolute Gasteiger partial charge is 0.254 e. The first-order valence-electron chi connectivity index (χ1n) is 6.86. The molecule has 22 heavy (non-hydrogen) atoms. The fraction of sp³-hybridized carbons (Fsp3) is 0.312. The van der Waals surface area contributed by atoms with Gasteiger partial charge in [0.2, 0.25) is 0 Å². The molecule has 1 N–H and O–H groups in total. The SMILES string of the molecule is CN(CC(CCO)c1ccc(Cl)c(Cl)c1)C(=O)c1ccsc1. The zero-order valence-corrected chi connectivity index (χ0v) is 14.5. The number of aliphatic hydroxyl groups excluding tert-OH is 1. The van der Waals surface area contributed by atoms with Crippen LogP contribution in [0.1, 0.15) is 28.3 Å². The van der Waals surface area contributed by atoms with Crippen molar-refractivity contribution < 1.29 is 9.90 Å². The molecule has 1 heterocycles. The van der Waals surface area contributed by atoms with Gasteiger partial charge in [-0.2, -0.15) is 11.3 Å². The number of amides is 1. The Labute approximate surface area is 144 Å². The number of hydrogen-bond acceptors (Lipinski definition) is 3. The highest BCUT2D eigenvalue weighted by Crippen LogP contribution is 2.28. The van der Waals surface area contributed by atoms with Gasteiger partial charge in [-0.1, -0.05) is 29.3 Å². The Hall–Kier alpha value is -1.07. The van der Waals surface area contributed by atoms with Crippen molar-refractivity contribution in [2.75, 3.05) is 20.2 Å². The molecule has 1 unspecified atom stereocenters. The van der Waals surface area contributed by atoms with Crippen LogP contribution in [0.3, 0.4) is 0 Å². The van der Waals surface area contributed by atoms with Crippen molar-refractivity contribution in [2.24, 2.45) is 0 Å². The summed E-state index contributed by atoms with van der Waals surface area (Å²) >= 11 is 13.5. The van der Waals surface area contributed by atoms with E-state index in [-0.39, 0.29) is 18.4 Å². The lowest BCUT2D eigenvalue weighted by Crippen LogP contribution is -2.31. The largest absolute Gasteiger partial charge is 0.396 e. The standard InChI is InChI=1S/C16H17Cl2NO2S/c1-19(16(21)13-5-7-22-10-13)9-12(4-6-20)11-2-3-14(17)15(18)8-11/h2-3,5,7-8,10,12,20H,4,6,9H2,1H3. The lowest BCUT2D eigenvalue weighted by atomic mass is 9.95. The Kier molecular flexibility index (Phi) is 6.26. The number of benzene rings is 1. The van der Waals surface area contributed by atoms with E-state index in [2.05, 4.69) is 0 Å². The van der Waals surface area contributed by atoms with E-state index in [1.807, 2.05) is 22.9 Å². The molecule has 0 bridgehead atoms. The van der Waals surface area contributed by atoms with Crippen molar-refractivity contribution in [1.82, 2.24) is 4.90 Å². The molecule has 3 nitrogen and oxygen atoms in total. The first-order valence-corrected chi connectivity index (χ1v) is 8.56. The highest BCUT2D eigenvalue weighted by molar-refractivity contribution is 7.08. The lowest BCUT2D eigenvalue weighted by Gasteiger charge is -2.24. The second kappa shape index (κ2) is 7.97. The average molecular weight is 358 g/mol. The summed E-state index contributed by atoms with van der Waals surface area (Å²) in [6.07, 6.45) is 0.555. The molecule has 1 atom stereocenters. The molecule has 0 saturated heterocycles. The summed E-state index contributed by atoms with van der Waals surface area (Å²) in [5.74, 6) is -0.0170. The van der Waals surface area contributed by atoms with E-state index in [0.29, 0.717) is 28.6 Å². The Morgan fingerprint density at radius 1 is 1.32 bits per heavy atom.